The molecule has 0 saturated carbocycles. The number of rotatable bonds is 4. The Balaban J connectivity index is 1.71. The highest BCUT2D eigenvalue weighted by Gasteiger charge is 2.28. The fraction of sp³-hybridized carbons (Fsp3) is 0.353. The SMILES string of the molecule is O=C(O)[C@H]1CCCN(C(=O)Cc2csc(-c3c(Cl)cccc3Cl)n2)C1. The van der Waals surface area contributed by atoms with Crippen molar-refractivity contribution in [1.82, 2.24) is 9.88 Å². The van der Waals surface area contributed by atoms with E-state index in [0.717, 1.165) is 0 Å². The van der Waals surface area contributed by atoms with Gasteiger partial charge in [0.1, 0.15) is 5.01 Å². The lowest BCUT2D eigenvalue weighted by molar-refractivity contribution is -0.145. The van der Waals surface area contributed by atoms with Crippen molar-refractivity contribution >= 4 is 46.4 Å². The molecule has 0 spiro atoms. The number of amides is 1. The molecular formula is C17H16Cl2N2O3S. The van der Waals surface area contributed by atoms with Crippen LogP contribution >= 0.6 is 34.5 Å². The predicted octanol–water partition coefficient (Wildman–Crippen LogP) is 3.98. The lowest BCUT2D eigenvalue weighted by atomic mass is 9.98. The van der Waals surface area contributed by atoms with Crippen molar-refractivity contribution in [1.29, 1.82) is 0 Å². The lowest BCUT2D eigenvalue weighted by Gasteiger charge is -2.30. The summed E-state index contributed by atoms with van der Waals surface area (Å²) in [4.78, 5) is 29.7. The van der Waals surface area contributed by atoms with Crippen molar-refractivity contribution in [2.75, 3.05) is 13.1 Å². The van der Waals surface area contributed by atoms with E-state index in [-0.39, 0.29) is 18.9 Å². The van der Waals surface area contributed by atoms with E-state index in [4.69, 9.17) is 28.3 Å². The van der Waals surface area contributed by atoms with Gasteiger partial charge in [-0.25, -0.2) is 4.98 Å². The molecule has 1 amide bonds. The molecule has 3 rings (SSSR count). The van der Waals surface area contributed by atoms with Crippen LogP contribution in [-0.4, -0.2) is 40.0 Å². The van der Waals surface area contributed by atoms with Gasteiger partial charge in [-0.3, -0.25) is 9.59 Å². The fourth-order valence-electron chi connectivity index (χ4n) is 2.88. The van der Waals surface area contributed by atoms with Crippen LogP contribution < -0.4 is 0 Å². The molecule has 1 saturated heterocycles. The number of carboxylic acid groups (broad SMARTS) is 1. The van der Waals surface area contributed by atoms with Gasteiger partial charge in [-0.15, -0.1) is 11.3 Å². The standard InChI is InChI=1S/C17H16Cl2N2O3S/c18-12-4-1-5-13(19)15(12)16-20-11(9-25-16)7-14(22)21-6-2-3-10(8-21)17(23)24/h1,4-5,9-10H,2-3,6-8H2,(H,23,24)/t10-/m0/s1. The van der Waals surface area contributed by atoms with Crippen molar-refractivity contribution in [3.05, 3.63) is 39.3 Å². The van der Waals surface area contributed by atoms with Crippen LogP contribution in [0.5, 0.6) is 0 Å². The monoisotopic (exact) mass is 398 g/mol. The van der Waals surface area contributed by atoms with Crippen LogP contribution in [0.2, 0.25) is 10.0 Å². The number of piperidine rings is 1. The Bertz CT molecular complexity index is 789. The zero-order chi connectivity index (χ0) is 18.0. The Kier molecular flexibility index (Phi) is 5.61. The predicted molar refractivity (Wildman–Crippen MR) is 98.2 cm³/mol. The zero-order valence-corrected chi connectivity index (χ0v) is 15.6. The van der Waals surface area contributed by atoms with E-state index in [9.17, 15) is 9.59 Å². The zero-order valence-electron chi connectivity index (χ0n) is 13.2. The summed E-state index contributed by atoms with van der Waals surface area (Å²) >= 11 is 13.8. The highest BCUT2D eigenvalue weighted by molar-refractivity contribution is 7.13. The number of aliphatic carboxylic acids is 1. The van der Waals surface area contributed by atoms with Crippen molar-refractivity contribution in [2.24, 2.45) is 5.92 Å². The summed E-state index contributed by atoms with van der Waals surface area (Å²) in [6, 6.07) is 5.25. The van der Waals surface area contributed by atoms with Gasteiger partial charge < -0.3 is 10.0 Å². The molecule has 0 unspecified atom stereocenters. The summed E-state index contributed by atoms with van der Waals surface area (Å²) in [6.45, 7) is 0.859. The Hall–Kier alpha value is -1.63. The maximum absolute atomic E-state index is 12.5. The van der Waals surface area contributed by atoms with Crippen LogP contribution in [0.3, 0.4) is 0 Å². The number of halogens is 2. The van der Waals surface area contributed by atoms with E-state index in [1.165, 1.54) is 11.3 Å². The van der Waals surface area contributed by atoms with E-state index < -0.39 is 11.9 Å². The third-order valence-electron chi connectivity index (χ3n) is 4.18. The van der Waals surface area contributed by atoms with Gasteiger partial charge >= 0.3 is 5.97 Å². The van der Waals surface area contributed by atoms with Gasteiger partial charge in [0.25, 0.3) is 0 Å². The molecule has 1 N–H and O–H groups in total. The number of aromatic nitrogens is 1. The first-order valence-electron chi connectivity index (χ1n) is 7.85. The third-order valence-corrected chi connectivity index (χ3v) is 5.72. The quantitative estimate of drug-likeness (QED) is 0.844. The van der Waals surface area contributed by atoms with Gasteiger partial charge in [0.15, 0.2) is 0 Å². The van der Waals surface area contributed by atoms with Crippen LogP contribution in [0.25, 0.3) is 10.6 Å². The molecule has 1 fully saturated rings. The molecule has 1 aromatic carbocycles. The van der Waals surface area contributed by atoms with Crippen LogP contribution in [-0.2, 0) is 16.0 Å². The second kappa shape index (κ2) is 7.72. The van der Waals surface area contributed by atoms with Crippen molar-refractivity contribution in [2.45, 2.75) is 19.3 Å². The first kappa shape index (κ1) is 18.2. The smallest absolute Gasteiger partial charge is 0.308 e. The van der Waals surface area contributed by atoms with Crippen LogP contribution in [0.15, 0.2) is 23.6 Å². The highest BCUT2D eigenvalue weighted by atomic mass is 35.5. The number of carbonyl (C=O) groups is 2. The lowest BCUT2D eigenvalue weighted by Crippen LogP contribution is -2.43. The summed E-state index contributed by atoms with van der Waals surface area (Å²) in [7, 11) is 0. The van der Waals surface area contributed by atoms with Gasteiger partial charge in [-0.1, -0.05) is 29.3 Å². The molecule has 0 radical (unpaired) electrons. The molecule has 1 atom stereocenters. The molecular weight excluding hydrogens is 383 g/mol. The molecule has 1 aliphatic rings. The van der Waals surface area contributed by atoms with Gasteiger partial charge in [0.2, 0.25) is 5.91 Å². The third kappa shape index (κ3) is 4.14. The summed E-state index contributed by atoms with van der Waals surface area (Å²) in [5.41, 5.74) is 1.30. The molecule has 132 valence electrons. The average molecular weight is 399 g/mol. The number of hydrogen-bond acceptors (Lipinski definition) is 4. The summed E-state index contributed by atoms with van der Waals surface area (Å²) in [5.74, 6) is -1.43. The molecule has 8 heteroatoms. The number of thiazole rings is 1. The van der Waals surface area contributed by atoms with Crippen molar-refractivity contribution in [3.8, 4) is 10.6 Å². The maximum Gasteiger partial charge on any atom is 0.308 e. The number of hydrogen-bond donors (Lipinski definition) is 1. The topological polar surface area (TPSA) is 70.5 Å². The maximum atomic E-state index is 12.5. The molecule has 25 heavy (non-hydrogen) atoms. The van der Waals surface area contributed by atoms with Crippen molar-refractivity contribution < 1.29 is 14.7 Å². The Morgan fingerprint density at radius 3 is 2.72 bits per heavy atom. The van der Waals surface area contributed by atoms with Gasteiger partial charge in [-0.2, -0.15) is 0 Å². The molecule has 2 heterocycles. The second-order valence-corrected chi connectivity index (χ2v) is 7.61. The number of nitrogens with zero attached hydrogens (tertiary/aromatic N) is 2. The summed E-state index contributed by atoms with van der Waals surface area (Å²) < 4.78 is 0. The van der Waals surface area contributed by atoms with Crippen LogP contribution in [0.1, 0.15) is 18.5 Å². The molecule has 1 aliphatic heterocycles. The fourth-order valence-corrected chi connectivity index (χ4v) is 4.46. The van der Waals surface area contributed by atoms with Crippen LogP contribution in [0, 0.1) is 5.92 Å². The van der Waals surface area contributed by atoms with Gasteiger partial charge in [-0.05, 0) is 25.0 Å². The first-order valence-corrected chi connectivity index (χ1v) is 9.48. The molecule has 0 aliphatic carbocycles. The first-order chi connectivity index (χ1) is 12.0. The minimum Gasteiger partial charge on any atom is -0.481 e. The minimum absolute atomic E-state index is 0.104. The summed E-state index contributed by atoms with van der Waals surface area (Å²) in [5, 5.41) is 12.6. The number of carboxylic acids is 1. The highest BCUT2D eigenvalue weighted by Crippen LogP contribution is 2.36. The minimum atomic E-state index is -0.846. The van der Waals surface area contributed by atoms with Gasteiger partial charge in [0.05, 0.1) is 28.1 Å². The van der Waals surface area contributed by atoms with Gasteiger partial charge in [0, 0.05) is 24.0 Å². The average Bonchev–Trinajstić information content (AvgIpc) is 3.03. The molecule has 1 aromatic heterocycles. The van der Waals surface area contributed by atoms with Crippen LogP contribution in [0.4, 0.5) is 0 Å². The van der Waals surface area contributed by atoms with Crippen molar-refractivity contribution in [3.63, 3.8) is 0 Å². The number of carbonyl (C=O) groups excluding carboxylic acids is 1. The van der Waals surface area contributed by atoms with E-state index in [1.54, 1.807) is 23.1 Å². The Morgan fingerprint density at radius 1 is 1.32 bits per heavy atom. The molecule has 5 nitrogen and oxygen atoms in total. The van der Waals surface area contributed by atoms with E-state index >= 15 is 0 Å². The number of likely N-dealkylation sites (tertiary alicyclic amines) is 1. The van der Waals surface area contributed by atoms with E-state index in [1.807, 2.05) is 5.38 Å². The Morgan fingerprint density at radius 2 is 2.04 bits per heavy atom. The summed E-state index contributed by atoms with van der Waals surface area (Å²) in [6.07, 6.45) is 1.47. The normalized spacial score (nSPS) is 17.5. The molecule has 2 aromatic rings. The number of benzene rings is 1. The second-order valence-electron chi connectivity index (χ2n) is 5.93. The van der Waals surface area contributed by atoms with E-state index in [0.29, 0.717) is 45.7 Å². The van der Waals surface area contributed by atoms with E-state index in [2.05, 4.69) is 4.98 Å². The largest absolute Gasteiger partial charge is 0.481 e. The molecule has 0 bridgehead atoms. The Labute approximate surface area is 159 Å².